The van der Waals surface area contributed by atoms with E-state index in [0.29, 0.717) is 63.6 Å². The Labute approximate surface area is 305 Å². The van der Waals surface area contributed by atoms with Gasteiger partial charge in [0, 0.05) is 61.7 Å². The quantitative estimate of drug-likeness (QED) is 0.252. The molecule has 2 aromatic heterocycles. The topological polar surface area (TPSA) is 113 Å². The number of carbonyl (C=O) groups excluding carboxylic acids is 1. The van der Waals surface area contributed by atoms with Crippen LogP contribution in [-0.2, 0) is 9.47 Å². The molecular weight excluding hydrogens is 689 g/mol. The Morgan fingerprint density at radius 2 is 1.98 bits per heavy atom. The molecule has 14 heteroatoms. The summed E-state index contributed by atoms with van der Waals surface area (Å²) in [5, 5.41) is 11.5. The number of carbonyl (C=O) groups is 1. The smallest absolute Gasteiger partial charge is 0.410 e. The maximum Gasteiger partial charge on any atom is 0.410 e. The molecule has 1 spiro atoms. The van der Waals surface area contributed by atoms with Crippen LogP contribution in [0.2, 0.25) is 0 Å². The molecule has 0 radical (unpaired) electrons. The Hall–Kier alpha value is -4.87. The third kappa shape index (κ3) is 6.33. The number of hydrogen-bond donors (Lipinski definition) is 1. The lowest BCUT2D eigenvalue weighted by molar-refractivity contribution is -0.0595. The van der Waals surface area contributed by atoms with Gasteiger partial charge in [-0.25, -0.2) is 18.0 Å². The molecule has 0 unspecified atom stereocenters. The van der Waals surface area contributed by atoms with Gasteiger partial charge in [0.25, 0.3) is 0 Å². The Bertz CT molecular complexity index is 2170. The highest BCUT2D eigenvalue weighted by atomic mass is 19.1. The SMILES string of the molecule is C#Cc1c(F)ccc2cc(O)cc(-c3ncc4c(N5CCOCC6(CN(C(=O)OC(C)(C)C)C6)C5)nc(OC[C@@]56CCCN5C[C@H](F)C6)nc4c3F)c12. The van der Waals surface area contributed by atoms with Gasteiger partial charge in [-0.1, -0.05) is 12.0 Å². The van der Waals surface area contributed by atoms with Crippen molar-refractivity contribution in [3.63, 3.8) is 0 Å². The molecule has 4 fully saturated rings. The number of anilines is 1. The molecule has 1 N–H and O–H groups in total. The summed E-state index contributed by atoms with van der Waals surface area (Å²) in [6, 6.07) is 5.28. The van der Waals surface area contributed by atoms with Gasteiger partial charge >= 0.3 is 12.1 Å². The number of likely N-dealkylation sites (tertiary alicyclic amines) is 1. The molecule has 4 aliphatic heterocycles. The number of phenolic OH excluding ortho intramolecular Hbond substituents is 1. The number of terminal acetylenes is 1. The van der Waals surface area contributed by atoms with Crippen molar-refractivity contribution < 1.29 is 37.3 Å². The first-order valence-corrected chi connectivity index (χ1v) is 17.9. The van der Waals surface area contributed by atoms with E-state index in [9.17, 15) is 18.7 Å². The van der Waals surface area contributed by atoms with Crippen molar-refractivity contribution in [1.82, 2.24) is 24.8 Å². The van der Waals surface area contributed by atoms with Gasteiger partial charge in [-0.3, -0.25) is 9.88 Å². The molecule has 2 aromatic carbocycles. The summed E-state index contributed by atoms with van der Waals surface area (Å²) in [5.74, 6) is 1.01. The van der Waals surface area contributed by atoms with Crippen LogP contribution in [0.1, 0.15) is 45.6 Å². The maximum atomic E-state index is 17.1. The first kappa shape index (κ1) is 35.2. The molecular formula is C39H41F3N6O5. The molecule has 53 heavy (non-hydrogen) atoms. The molecule has 4 saturated heterocycles. The van der Waals surface area contributed by atoms with Crippen molar-refractivity contribution in [1.29, 1.82) is 0 Å². The number of aromatic nitrogens is 3. The van der Waals surface area contributed by atoms with E-state index in [1.54, 1.807) is 4.90 Å². The van der Waals surface area contributed by atoms with Crippen molar-refractivity contribution in [2.75, 3.05) is 64.0 Å². The molecule has 11 nitrogen and oxygen atoms in total. The van der Waals surface area contributed by atoms with Gasteiger partial charge in [-0.2, -0.15) is 9.97 Å². The number of hydrogen-bond acceptors (Lipinski definition) is 10. The van der Waals surface area contributed by atoms with E-state index in [1.165, 1.54) is 30.5 Å². The van der Waals surface area contributed by atoms with Crippen LogP contribution in [-0.4, -0.2) is 112 Å². The number of ether oxygens (including phenoxy) is 3. The zero-order valence-corrected chi connectivity index (χ0v) is 29.9. The zero-order valence-electron chi connectivity index (χ0n) is 29.9. The summed E-state index contributed by atoms with van der Waals surface area (Å²) in [6.45, 7) is 9.02. The maximum absolute atomic E-state index is 17.1. The molecule has 1 amide bonds. The van der Waals surface area contributed by atoms with Crippen LogP contribution in [0.5, 0.6) is 11.8 Å². The number of alkyl halides is 1. The van der Waals surface area contributed by atoms with Gasteiger partial charge in [0.05, 0.1) is 29.7 Å². The minimum atomic E-state index is -0.969. The molecule has 6 heterocycles. The van der Waals surface area contributed by atoms with Gasteiger partial charge in [0.1, 0.15) is 47.0 Å². The largest absolute Gasteiger partial charge is 0.508 e. The molecule has 2 atom stereocenters. The van der Waals surface area contributed by atoms with Crippen molar-refractivity contribution in [3.8, 4) is 35.4 Å². The first-order valence-electron chi connectivity index (χ1n) is 17.9. The van der Waals surface area contributed by atoms with E-state index in [1.807, 2.05) is 25.7 Å². The molecule has 0 aliphatic carbocycles. The summed E-state index contributed by atoms with van der Waals surface area (Å²) in [6.07, 6.45) is 7.79. The van der Waals surface area contributed by atoms with Gasteiger partial charge in [-0.15, -0.1) is 6.42 Å². The lowest BCUT2D eigenvalue weighted by Gasteiger charge is -2.50. The molecule has 8 rings (SSSR count). The first-order chi connectivity index (χ1) is 25.3. The monoisotopic (exact) mass is 730 g/mol. The number of amides is 1. The number of pyridine rings is 1. The summed E-state index contributed by atoms with van der Waals surface area (Å²) in [7, 11) is 0. The second-order valence-corrected chi connectivity index (χ2v) is 15.8. The second-order valence-electron chi connectivity index (χ2n) is 15.8. The van der Waals surface area contributed by atoms with Gasteiger partial charge in [0.15, 0.2) is 5.82 Å². The van der Waals surface area contributed by atoms with Gasteiger partial charge in [0.2, 0.25) is 0 Å². The third-order valence-electron chi connectivity index (χ3n) is 10.8. The highest BCUT2D eigenvalue weighted by molar-refractivity contribution is 6.03. The van der Waals surface area contributed by atoms with Crippen molar-refractivity contribution >= 4 is 33.6 Å². The summed E-state index contributed by atoms with van der Waals surface area (Å²) in [5.41, 5.74) is -1.90. The minimum Gasteiger partial charge on any atom is -0.508 e. The minimum absolute atomic E-state index is 0.0913. The second kappa shape index (κ2) is 12.9. The average molecular weight is 731 g/mol. The normalized spacial score (nSPS) is 22.8. The van der Waals surface area contributed by atoms with Crippen LogP contribution in [0.4, 0.5) is 23.8 Å². The highest BCUT2D eigenvalue weighted by Crippen LogP contribution is 2.43. The number of phenols is 1. The van der Waals surface area contributed by atoms with Crippen molar-refractivity contribution in [2.45, 2.75) is 57.3 Å². The molecule has 4 aliphatic rings. The summed E-state index contributed by atoms with van der Waals surface area (Å²) < 4.78 is 64.6. The van der Waals surface area contributed by atoms with Crippen LogP contribution in [0.25, 0.3) is 32.9 Å². The van der Waals surface area contributed by atoms with Crippen LogP contribution in [0, 0.1) is 29.4 Å². The Balaban J connectivity index is 1.21. The predicted molar refractivity (Wildman–Crippen MR) is 192 cm³/mol. The Morgan fingerprint density at radius 3 is 2.75 bits per heavy atom. The molecule has 0 saturated carbocycles. The number of aromatic hydroxyl groups is 1. The number of nitrogens with zero attached hydrogens (tertiary/aromatic N) is 6. The fraction of sp³-hybridized carbons (Fsp3) is 0.487. The van der Waals surface area contributed by atoms with Crippen LogP contribution in [0.3, 0.4) is 0 Å². The Kier molecular flexibility index (Phi) is 8.57. The number of fused-ring (bicyclic) bond motifs is 3. The molecule has 278 valence electrons. The standard InChI is InChI=1S/C39H41F3N6O5/c1-5-26-29(41)8-7-23-13-25(49)14-27(30(23)26)32-31(42)33-28(16-43-32)34(45-35(44-33)52-22-39-9-6-10-48(39)17-24(40)15-39)46-11-12-51-21-38(18-46)19-47(20-38)36(50)53-37(2,3)4/h1,7-8,13-14,16,24,49H,6,9-12,15,17-22H2,2-4H3/t24-,39+/m1/s1. The number of rotatable bonds is 5. The van der Waals surface area contributed by atoms with E-state index < -0.39 is 40.5 Å². The lowest BCUT2D eigenvalue weighted by atomic mass is 9.80. The fourth-order valence-corrected chi connectivity index (χ4v) is 8.50. The third-order valence-corrected chi connectivity index (χ3v) is 10.8. The van der Waals surface area contributed by atoms with E-state index in [4.69, 9.17) is 25.6 Å². The van der Waals surface area contributed by atoms with Crippen molar-refractivity contribution in [2.24, 2.45) is 5.41 Å². The lowest BCUT2D eigenvalue weighted by Crippen LogP contribution is -2.64. The van der Waals surface area contributed by atoms with E-state index in [0.717, 1.165) is 19.4 Å². The molecule has 4 aromatic rings. The Morgan fingerprint density at radius 1 is 1.17 bits per heavy atom. The molecule has 0 bridgehead atoms. The number of halogens is 3. The number of benzene rings is 2. The van der Waals surface area contributed by atoms with Crippen LogP contribution in [0.15, 0.2) is 30.5 Å². The zero-order chi connectivity index (χ0) is 37.3. The van der Waals surface area contributed by atoms with Crippen LogP contribution >= 0.6 is 0 Å². The van der Waals surface area contributed by atoms with Crippen molar-refractivity contribution in [3.05, 3.63) is 47.7 Å². The van der Waals surface area contributed by atoms with E-state index in [-0.39, 0.29) is 51.5 Å². The van der Waals surface area contributed by atoms with Gasteiger partial charge in [-0.05, 0) is 63.7 Å². The predicted octanol–water partition coefficient (Wildman–Crippen LogP) is 5.84. The average Bonchev–Trinajstić information content (AvgIpc) is 3.51. The summed E-state index contributed by atoms with van der Waals surface area (Å²) >= 11 is 0. The highest BCUT2D eigenvalue weighted by Gasteiger charge is 2.50. The van der Waals surface area contributed by atoms with Crippen LogP contribution < -0.4 is 9.64 Å². The van der Waals surface area contributed by atoms with Gasteiger partial charge < -0.3 is 29.1 Å². The van der Waals surface area contributed by atoms with E-state index in [2.05, 4.69) is 20.8 Å². The fourth-order valence-electron chi connectivity index (χ4n) is 8.50. The van der Waals surface area contributed by atoms with E-state index >= 15 is 4.39 Å². The summed E-state index contributed by atoms with van der Waals surface area (Å²) in [4.78, 5) is 32.5.